The molecule has 0 amide bonds. The summed E-state index contributed by atoms with van der Waals surface area (Å²) in [6.07, 6.45) is 0. The summed E-state index contributed by atoms with van der Waals surface area (Å²) in [5.41, 5.74) is 0. The zero-order valence-corrected chi connectivity index (χ0v) is 9.15. The van der Waals surface area contributed by atoms with E-state index in [2.05, 4.69) is 4.74 Å². The van der Waals surface area contributed by atoms with Crippen molar-refractivity contribution in [1.29, 1.82) is 0 Å². The molecule has 5 heteroatoms. The summed E-state index contributed by atoms with van der Waals surface area (Å²) in [4.78, 5) is 0. The second kappa shape index (κ2) is 10.3. The van der Waals surface area contributed by atoms with Crippen LogP contribution in [-0.2, 0) is 18.9 Å². The molecular weight excluding hydrogens is 200 g/mol. The highest BCUT2D eigenvalue weighted by molar-refractivity contribution is 4.37. The zero-order valence-electron chi connectivity index (χ0n) is 9.15. The highest BCUT2D eigenvalue weighted by Crippen LogP contribution is 1.84. The van der Waals surface area contributed by atoms with Gasteiger partial charge in [-0.15, -0.1) is 0 Å². The molecule has 0 radical (unpaired) electrons. The Morgan fingerprint density at radius 1 is 0.467 bits per heavy atom. The van der Waals surface area contributed by atoms with Gasteiger partial charge in [0.15, 0.2) is 13.2 Å². The van der Waals surface area contributed by atoms with Crippen LogP contribution in [0.15, 0.2) is 0 Å². The van der Waals surface area contributed by atoms with Gasteiger partial charge in [-0.3, -0.25) is 0 Å². The van der Waals surface area contributed by atoms with Crippen LogP contribution in [-0.4, -0.2) is 70.8 Å². The Morgan fingerprint density at radius 2 is 0.800 bits per heavy atom. The van der Waals surface area contributed by atoms with E-state index in [1.807, 2.05) is 0 Å². The molecule has 1 saturated heterocycles. The second-order valence-electron chi connectivity index (χ2n) is 3.12. The minimum absolute atomic E-state index is 0.619. The van der Waals surface area contributed by atoms with E-state index in [0.717, 1.165) is 13.2 Å². The molecule has 0 spiro atoms. The molecule has 0 aliphatic carbocycles. The molecule has 1 rings (SSSR count). The largest absolute Gasteiger partial charge is 0.430 e. The van der Waals surface area contributed by atoms with Gasteiger partial charge < -0.3 is 23.7 Å². The Bertz CT molecular complexity index is 72.4. The van der Waals surface area contributed by atoms with E-state index in [1.54, 1.807) is 0 Å². The topological polar surface area (TPSA) is 49.7 Å². The number of hydrogen-bond acceptors (Lipinski definition) is 4. The van der Waals surface area contributed by atoms with Gasteiger partial charge in [0.05, 0.1) is 39.6 Å². The zero-order chi connectivity index (χ0) is 10.6. The van der Waals surface area contributed by atoms with Gasteiger partial charge >= 0.3 is 0 Å². The summed E-state index contributed by atoms with van der Waals surface area (Å²) in [7, 11) is 0. The van der Waals surface area contributed by atoms with Crippen LogP contribution >= 0.6 is 0 Å². The van der Waals surface area contributed by atoms with Crippen molar-refractivity contribution < 1.29 is 23.7 Å². The Morgan fingerprint density at radius 3 is 1.20 bits per heavy atom. The van der Waals surface area contributed by atoms with Gasteiger partial charge in [0, 0.05) is 0 Å². The third-order valence-electron chi connectivity index (χ3n) is 1.90. The lowest BCUT2D eigenvalue weighted by Crippen LogP contribution is -2.15. The predicted octanol–water partition coefficient (Wildman–Crippen LogP) is -0.406. The molecule has 0 aromatic carbocycles. The van der Waals surface area contributed by atoms with Crippen LogP contribution in [0, 0.1) is 0 Å². The smallest absolute Gasteiger partial charge is 0.168 e. The third-order valence-corrected chi connectivity index (χ3v) is 1.90. The summed E-state index contributed by atoms with van der Waals surface area (Å²) in [5.74, 6) is 0. The molecule has 0 unspecified atom stereocenters. The highest BCUT2D eigenvalue weighted by atomic mass is 16.6. The van der Waals surface area contributed by atoms with Gasteiger partial charge in [0.1, 0.15) is 13.2 Å². The molecule has 0 bridgehead atoms. The van der Waals surface area contributed by atoms with E-state index in [9.17, 15) is 0 Å². The molecule has 1 N–H and O–H groups in total. The standard InChI is InChI=1S/C10H20O5/c1-2-12-5-6-14-9-10-15-8-7-13-4-3-11-1/h1-10H2/p+1. The first-order valence-electron chi connectivity index (χ1n) is 5.44. The molecule has 0 atom stereocenters. The third kappa shape index (κ3) is 8.77. The van der Waals surface area contributed by atoms with Gasteiger partial charge in [-0.2, -0.15) is 0 Å². The van der Waals surface area contributed by atoms with E-state index < -0.39 is 0 Å². The van der Waals surface area contributed by atoms with Crippen molar-refractivity contribution in [3.05, 3.63) is 0 Å². The second-order valence-corrected chi connectivity index (χ2v) is 3.12. The first kappa shape index (κ1) is 12.9. The lowest BCUT2D eigenvalue weighted by Gasteiger charge is -2.05. The molecule has 1 heterocycles. The fourth-order valence-electron chi connectivity index (χ4n) is 1.13. The van der Waals surface area contributed by atoms with Crippen LogP contribution in [0.25, 0.3) is 0 Å². The lowest BCUT2D eigenvalue weighted by atomic mass is 10.7. The van der Waals surface area contributed by atoms with Crippen LogP contribution in [0.3, 0.4) is 0 Å². The molecular formula is C10H21O5+. The van der Waals surface area contributed by atoms with Crippen LogP contribution in [0.4, 0.5) is 0 Å². The lowest BCUT2D eigenvalue weighted by molar-refractivity contribution is -0.0935. The van der Waals surface area contributed by atoms with Gasteiger partial charge in [0.25, 0.3) is 0 Å². The number of rotatable bonds is 0. The van der Waals surface area contributed by atoms with Crippen LogP contribution in [0.1, 0.15) is 0 Å². The van der Waals surface area contributed by atoms with Crippen molar-refractivity contribution in [2.45, 2.75) is 0 Å². The van der Waals surface area contributed by atoms with Gasteiger partial charge in [0.2, 0.25) is 0 Å². The summed E-state index contributed by atoms with van der Waals surface area (Å²) < 4.78 is 25.4. The van der Waals surface area contributed by atoms with Crippen LogP contribution < -0.4 is 0 Å². The predicted molar refractivity (Wildman–Crippen MR) is 55.2 cm³/mol. The Kier molecular flexibility index (Phi) is 8.85. The monoisotopic (exact) mass is 221 g/mol. The van der Waals surface area contributed by atoms with E-state index >= 15 is 0 Å². The molecule has 5 nitrogen and oxygen atoms in total. The molecule has 0 aromatic heterocycles. The van der Waals surface area contributed by atoms with Crippen molar-refractivity contribution >= 4 is 0 Å². The summed E-state index contributed by atoms with van der Waals surface area (Å²) in [6.45, 7) is 6.55. The first-order valence-corrected chi connectivity index (χ1v) is 5.44. The molecule has 0 saturated carbocycles. The maximum Gasteiger partial charge on any atom is 0.168 e. The number of ether oxygens (including phenoxy) is 5. The van der Waals surface area contributed by atoms with Crippen molar-refractivity contribution in [3.63, 3.8) is 0 Å². The normalized spacial score (nSPS) is 24.0. The minimum atomic E-state index is 0.619. The Balaban J connectivity index is 2.01. The average molecular weight is 221 g/mol. The molecule has 90 valence electrons. The maximum atomic E-state index is 5.31. The van der Waals surface area contributed by atoms with E-state index in [0.29, 0.717) is 52.9 Å². The van der Waals surface area contributed by atoms with Gasteiger partial charge in [-0.25, -0.2) is 0 Å². The number of hydrogen-bond donors (Lipinski definition) is 0. The fourth-order valence-corrected chi connectivity index (χ4v) is 1.13. The van der Waals surface area contributed by atoms with E-state index in [-0.39, 0.29) is 0 Å². The fraction of sp³-hybridized carbons (Fsp3) is 1.00. The Hall–Kier alpha value is -0.200. The molecule has 0 aromatic rings. The first-order chi connectivity index (χ1) is 7.50. The van der Waals surface area contributed by atoms with Gasteiger partial charge in [-0.05, 0) is 0 Å². The van der Waals surface area contributed by atoms with Gasteiger partial charge in [-0.1, -0.05) is 0 Å². The molecule has 15 heavy (non-hydrogen) atoms. The van der Waals surface area contributed by atoms with Crippen molar-refractivity contribution in [2.24, 2.45) is 0 Å². The average Bonchev–Trinajstić information content (AvgIpc) is 2.27. The highest BCUT2D eigenvalue weighted by Gasteiger charge is 1.97. The van der Waals surface area contributed by atoms with Crippen LogP contribution in [0.5, 0.6) is 0 Å². The summed E-state index contributed by atoms with van der Waals surface area (Å²) in [5, 5.41) is 0. The minimum Gasteiger partial charge on any atom is -0.430 e. The van der Waals surface area contributed by atoms with E-state index in [1.165, 1.54) is 0 Å². The maximum absolute atomic E-state index is 5.31. The van der Waals surface area contributed by atoms with Crippen molar-refractivity contribution in [3.8, 4) is 0 Å². The SMILES string of the molecule is C1COCCOCC[OH+]CCOCCO1. The molecule has 1 fully saturated rings. The van der Waals surface area contributed by atoms with Crippen molar-refractivity contribution in [2.75, 3.05) is 66.1 Å². The molecule has 1 aliphatic heterocycles. The summed E-state index contributed by atoms with van der Waals surface area (Å²) in [6, 6.07) is 0. The van der Waals surface area contributed by atoms with E-state index in [4.69, 9.17) is 18.9 Å². The Labute approximate surface area is 90.6 Å². The summed E-state index contributed by atoms with van der Waals surface area (Å²) >= 11 is 0. The molecule has 1 aliphatic rings. The van der Waals surface area contributed by atoms with Crippen LogP contribution in [0.2, 0.25) is 0 Å². The van der Waals surface area contributed by atoms with Crippen molar-refractivity contribution in [1.82, 2.24) is 0 Å². The quantitative estimate of drug-likeness (QED) is 0.522. The number of aliphatic hydroxyl groups is 2.